The lowest BCUT2D eigenvalue weighted by Gasteiger charge is -2.63. The third-order valence-corrected chi connectivity index (χ3v) is 9.61. The van der Waals surface area contributed by atoms with Crippen molar-refractivity contribution in [1.82, 2.24) is 0 Å². The van der Waals surface area contributed by atoms with E-state index in [0.717, 1.165) is 56.9 Å². The molecule has 2 bridgehead atoms. The summed E-state index contributed by atoms with van der Waals surface area (Å²) in [6.45, 7) is 2.28. The monoisotopic (exact) mass is 363 g/mol. The first-order valence-electron chi connectivity index (χ1n) is 10.3. The summed E-state index contributed by atoms with van der Waals surface area (Å²) in [5.74, 6) is 0.441. The van der Waals surface area contributed by atoms with Crippen LogP contribution in [0.15, 0.2) is 11.6 Å². The molecule has 26 heavy (non-hydrogen) atoms. The third kappa shape index (κ3) is 1.76. The van der Waals surface area contributed by atoms with Gasteiger partial charge in [0.2, 0.25) is 0 Å². The molecule has 5 aliphatic carbocycles. The molecule has 5 rings (SSSR count). The van der Waals surface area contributed by atoms with Crippen molar-refractivity contribution >= 4 is 0 Å². The minimum Gasteiger partial charge on any atom is -0.393 e. The van der Waals surface area contributed by atoms with Crippen LogP contribution in [0.5, 0.6) is 0 Å². The number of ether oxygens (including phenoxy) is 1. The SMILES string of the molecule is CO[C@@]12C=C3[C@@H](O)[C@H](O)[C@@H](N)C[C@]34CC[C@]1(C4)[C@@H]1CC[C@H](O)[C@@]1(C)CC2. The van der Waals surface area contributed by atoms with E-state index in [1.54, 1.807) is 7.11 Å². The first-order chi connectivity index (χ1) is 12.2. The Morgan fingerprint density at radius 2 is 1.88 bits per heavy atom. The lowest BCUT2D eigenvalue weighted by molar-refractivity contribution is -0.189. The average molecular weight is 363 g/mol. The number of aliphatic hydroxyl groups excluding tert-OH is 3. The van der Waals surface area contributed by atoms with Crippen molar-refractivity contribution in [2.45, 2.75) is 88.2 Å². The van der Waals surface area contributed by atoms with E-state index in [1.807, 2.05) is 0 Å². The van der Waals surface area contributed by atoms with Gasteiger partial charge in [0.1, 0.15) is 6.10 Å². The molecular formula is C21H33NO4. The Hall–Kier alpha value is -0.460. The Labute approximate surface area is 155 Å². The molecule has 0 aliphatic heterocycles. The predicted octanol–water partition coefficient (Wildman–Crippen LogP) is 1.49. The molecule has 2 spiro atoms. The average Bonchev–Trinajstić information content (AvgIpc) is 3.10. The molecule has 0 heterocycles. The van der Waals surface area contributed by atoms with Crippen LogP contribution < -0.4 is 5.73 Å². The summed E-state index contributed by atoms with van der Waals surface area (Å²) >= 11 is 0. The van der Waals surface area contributed by atoms with Crippen molar-refractivity contribution in [1.29, 1.82) is 0 Å². The van der Waals surface area contributed by atoms with Crippen LogP contribution in [0.1, 0.15) is 58.3 Å². The van der Waals surface area contributed by atoms with Gasteiger partial charge in [-0.15, -0.1) is 0 Å². The van der Waals surface area contributed by atoms with Crippen LogP contribution in [0.2, 0.25) is 0 Å². The molecule has 0 aromatic heterocycles. The fraction of sp³-hybridized carbons (Fsp3) is 0.905. The van der Waals surface area contributed by atoms with Gasteiger partial charge in [-0.05, 0) is 79.8 Å². The normalized spacial score (nSPS) is 60.8. The molecule has 0 aromatic rings. The molecule has 5 nitrogen and oxygen atoms in total. The standard InChI is InChI=1S/C21H33NO4/c1-18-5-8-21(26-2)9-12-16(24)17(25)13(22)10-19(12)6-7-20(21,11-19)14(18)3-4-15(18)23/h9,13-17,23-25H,3-8,10-11,22H2,1-2H3/t13-,14+,15-,16+,17+,18-,19-,20-,21-/m0/s1. The number of aliphatic hydroxyl groups is 3. The van der Waals surface area contributed by atoms with Crippen LogP contribution in [0.4, 0.5) is 0 Å². The van der Waals surface area contributed by atoms with Crippen LogP contribution in [-0.4, -0.2) is 52.4 Å². The molecule has 0 radical (unpaired) electrons. The molecule has 0 saturated heterocycles. The molecule has 5 heteroatoms. The van der Waals surface area contributed by atoms with Crippen LogP contribution in [0.3, 0.4) is 0 Å². The summed E-state index contributed by atoms with van der Waals surface area (Å²) in [6, 6.07) is -0.378. The summed E-state index contributed by atoms with van der Waals surface area (Å²) in [6.07, 6.45) is 7.74. The fourth-order valence-electron chi connectivity index (χ4n) is 8.28. The van der Waals surface area contributed by atoms with E-state index in [2.05, 4.69) is 13.0 Å². The van der Waals surface area contributed by atoms with E-state index < -0.39 is 17.8 Å². The summed E-state index contributed by atoms with van der Waals surface area (Å²) < 4.78 is 6.27. The summed E-state index contributed by atoms with van der Waals surface area (Å²) in [5, 5.41) is 32.0. The highest BCUT2D eigenvalue weighted by Gasteiger charge is 2.73. The quantitative estimate of drug-likeness (QED) is 0.530. The van der Waals surface area contributed by atoms with E-state index in [9.17, 15) is 15.3 Å². The van der Waals surface area contributed by atoms with Gasteiger partial charge < -0.3 is 25.8 Å². The Kier molecular flexibility index (Phi) is 3.47. The molecule has 0 aromatic carbocycles. The molecule has 5 aliphatic rings. The summed E-state index contributed by atoms with van der Waals surface area (Å²) in [4.78, 5) is 0. The summed E-state index contributed by atoms with van der Waals surface area (Å²) in [7, 11) is 1.80. The Bertz CT molecular complexity index is 666. The molecule has 4 saturated carbocycles. The molecule has 9 atom stereocenters. The van der Waals surface area contributed by atoms with Gasteiger partial charge in [-0.1, -0.05) is 6.92 Å². The predicted molar refractivity (Wildman–Crippen MR) is 97.2 cm³/mol. The van der Waals surface area contributed by atoms with Gasteiger partial charge in [-0.3, -0.25) is 0 Å². The zero-order valence-electron chi connectivity index (χ0n) is 15.9. The lowest BCUT2D eigenvalue weighted by Crippen LogP contribution is -2.64. The maximum absolute atomic E-state index is 10.8. The Morgan fingerprint density at radius 3 is 2.62 bits per heavy atom. The number of nitrogens with two attached hydrogens (primary N) is 1. The minimum absolute atomic E-state index is 0.0114. The van der Waals surface area contributed by atoms with Crippen molar-refractivity contribution in [3.63, 3.8) is 0 Å². The molecule has 5 N–H and O–H groups in total. The van der Waals surface area contributed by atoms with Gasteiger partial charge in [0.25, 0.3) is 0 Å². The minimum atomic E-state index is -0.893. The zero-order chi connectivity index (χ0) is 18.5. The third-order valence-electron chi connectivity index (χ3n) is 9.61. The highest BCUT2D eigenvalue weighted by molar-refractivity contribution is 5.40. The van der Waals surface area contributed by atoms with E-state index in [-0.39, 0.29) is 28.4 Å². The van der Waals surface area contributed by atoms with Crippen molar-refractivity contribution in [3.8, 4) is 0 Å². The number of hydrogen-bond acceptors (Lipinski definition) is 5. The highest BCUT2D eigenvalue weighted by atomic mass is 16.5. The van der Waals surface area contributed by atoms with Gasteiger partial charge in [0.05, 0.1) is 17.8 Å². The number of rotatable bonds is 1. The van der Waals surface area contributed by atoms with Crippen molar-refractivity contribution in [2.75, 3.05) is 7.11 Å². The zero-order valence-corrected chi connectivity index (χ0v) is 15.9. The first-order valence-corrected chi connectivity index (χ1v) is 10.3. The maximum atomic E-state index is 10.8. The van der Waals surface area contributed by atoms with E-state index in [4.69, 9.17) is 10.5 Å². The number of hydrogen-bond donors (Lipinski definition) is 4. The van der Waals surface area contributed by atoms with Crippen LogP contribution in [0.25, 0.3) is 0 Å². The fourth-order valence-corrected chi connectivity index (χ4v) is 8.28. The Morgan fingerprint density at radius 1 is 1.12 bits per heavy atom. The molecule has 146 valence electrons. The Balaban J connectivity index is 1.68. The van der Waals surface area contributed by atoms with Gasteiger partial charge >= 0.3 is 0 Å². The largest absolute Gasteiger partial charge is 0.393 e. The van der Waals surface area contributed by atoms with Crippen molar-refractivity contribution < 1.29 is 20.1 Å². The van der Waals surface area contributed by atoms with E-state index >= 15 is 0 Å². The van der Waals surface area contributed by atoms with Crippen molar-refractivity contribution in [3.05, 3.63) is 11.6 Å². The van der Waals surface area contributed by atoms with Crippen molar-refractivity contribution in [2.24, 2.45) is 27.9 Å². The molecular weight excluding hydrogens is 330 g/mol. The second kappa shape index (κ2) is 5.12. The first kappa shape index (κ1) is 17.6. The molecule has 0 amide bonds. The summed E-state index contributed by atoms with van der Waals surface area (Å²) in [5.41, 5.74) is 6.69. The van der Waals surface area contributed by atoms with Crippen LogP contribution in [-0.2, 0) is 4.74 Å². The number of methoxy groups -OCH3 is 1. The molecule has 4 fully saturated rings. The number of fused-ring (bicyclic) bond motifs is 1. The smallest absolute Gasteiger partial charge is 0.103 e. The lowest BCUT2D eigenvalue weighted by atomic mass is 9.45. The van der Waals surface area contributed by atoms with Gasteiger partial charge in [0.15, 0.2) is 0 Å². The molecule has 0 unspecified atom stereocenters. The highest BCUT2D eigenvalue weighted by Crippen LogP contribution is 2.76. The van der Waals surface area contributed by atoms with Crippen LogP contribution in [0, 0.1) is 22.2 Å². The van der Waals surface area contributed by atoms with Crippen LogP contribution >= 0.6 is 0 Å². The second-order valence-electron chi connectivity index (χ2n) is 10.3. The topological polar surface area (TPSA) is 95.9 Å². The van der Waals surface area contributed by atoms with Gasteiger partial charge in [-0.2, -0.15) is 0 Å². The van der Waals surface area contributed by atoms with E-state index in [0.29, 0.717) is 5.92 Å². The maximum Gasteiger partial charge on any atom is 0.103 e. The second-order valence-corrected chi connectivity index (χ2v) is 10.3. The van der Waals surface area contributed by atoms with E-state index in [1.165, 1.54) is 0 Å². The van der Waals surface area contributed by atoms with Gasteiger partial charge in [-0.25, -0.2) is 0 Å². The van der Waals surface area contributed by atoms with Gasteiger partial charge in [0, 0.05) is 18.6 Å².